The van der Waals surface area contributed by atoms with Gasteiger partial charge in [0, 0.05) is 0 Å². The number of hydrogen-bond acceptors (Lipinski definition) is 1. The zero-order chi connectivity index (χ0) is 19.2. The van der Waals surface area contributed by atoms with Gasteiger partial charge in [-0.05, 0) is 79.2 Å². The number of nitrogens with zero attached hydrogens (tertiary/aromatic N) is 1. The summed E-state index contributed by atoms with van der Waals surface area (Å²) >= 11 is 0. The number of unbranched alkanes of at least 4 members (excludes halogenated alkanes) is 2. The van der Waals surface area contributed by atoms with Crippen LogP contribution in [0.5, 0.6) is 0 Å². The van der Waals surface area contributed by atoms with Gasteiger partial charge in [-0.15, -0.1) is 0 Å². The highest BCUT2D eigenvalue weighted by atomic mass is 19.1. The predicted molar refractivity (Wildman–Crippen MR) is 105 cm³/mol. The Morgan fingerprint density at radius 2 is 1.78 bits per heavy atom. The first-order valence-electron chi connectivity index (χ1n) is 10.1. The standard InChI is InChI=1S/C24H27F2N/c1-2-3-4-5-17-6-8-18(9-7-17)10-11-19-12-13-21-20(14-19)15-23(25)22(16-27)24(21)26/h6-9,15,19H,2-5,10-14H2,1H3. The van der Waals surface area contributed by atoms with E-state index in [0.717, 1.165) is 31.2 Å². The van der Waals surface area contributed by atoms with Crippen molar-refractivity contribution in [2.45, 2.75) is 64.7 Å². The van der Waals surface area contributed by atoms with Gasteiger partial charge in [-0.3, -0.25) is 0 Å². The van der Waals surface area contributed by atoms with Gasteiger partial charge in [-0.1, -0.05) is 44.0 Å². The maximum absolute atomic E-state index is 14.3. The number of hydrogen-bond donors (Lipinski definition) is 0. The van der Waals surface area contributed by atoms with E-state index in [0.29, 0.717) is 24.3 Å². The summed E-state index contributed by atoms with van der Waals surface area (Å²) in [4.78, 5) is 0. The fraction of sp³-hybridized carbons (Fsp3) is 0.458. The van der Waals surface area contributed by atoms with Crippen LogP contribution in [0.25, 0.3) is 0 Å². The molecule has 0 amide bonds. The quantitative estimate of drug-likeness (QED) is 0.526. The Hall–Kier alpha value is -2.21. The lowest BCUT2D eigenvalue weighted by molar-refractivity contribution is 0.415. The smallest absolute Gasteiger partial charge is 0.147 e. The normalized spacial score (nSPS) is 16.0. The van der Waals surface area contributed by atoms with Gasteiger partial charge >= 0.3 is 0 Å². The molecular weight excluding hydrogens is 340 g/mol. The number of nitriles is 1. The monoisotopic (exact) mass is 367 g/mol. The maximum atomic E-state index is 14.3. The summed E-state index contributed by atoms with van der Waals surface area (Å²) in [5.41, 5.74) is 3.58. The second-order valence-electron chi connectivity index (χ2n) is 7.72. The van der Waals surface area contributed by atoms with Gasteiger partial charge < -0.3 is 0 Å². The largest absolute Gasteiger partial charge is 0.205 e. The van der Waals surface area contributed by atoms with Crippen molar-refractivity contribution < 1.29 is 8.78 Å². The van der Waals surface area contributed by atoms with Crippen LogP contribution in [0.1, 0.15) is 66.8 Å². The lowest BCUT2D eigenvalue weighted by atomic mass is 9.80. The third kappa shape index (κ3) is 4.75. The molecule has 1 aliphatic carbocycles. The Balaban J connectivity index is 1.57. The summed E-state index contributed by atoms with van der Waals surface area (Å²) in [6.45, 7) is 2.22. The van der Waals surface area contributed by atoms with Crippen molar-refractivity contribution in [3.63, 3.8) is 0 Å². The molecule has 0 N–H and O–H groups in total. The number of rotatable bonds is 7. The Morgan fingerprint density at radius 3 is 2.44 bits per heavy atom. The molecule has 1 aliphatic rings. The van der Waals surface area contributed by atoms with Crippen LogP contribution in [0.4, 0.5) is 8.78 Å². The Bertz CT molecular complexity index is 818. The Kier molecular flexibility index (Phi) is 6.61. The average Bonchev–Trinajstić information content (AvgIpc) is 2.67. The minimum atomic E-state index is -0.729. The van der Waals surface area contributed by atoms with E-state index in [2.05, 4.69) is 31.2 Å². The molecule has 1 nitrogen and oxygen atoms in total. The average molecular weight is 367 g/mol. The van der Waals surface area contributed by atoms with Gasteiger partial charge in [0.15, 0.2) is 0 Å². The van der Waals surface area contributed by atoms with Crippen molar-refractivity contribution in [1.82, 2.24) is 0 Å². The van der Waals surface area contributed by atoms with Crippen LogP contribution in [0.2, 0.25) is 0 Å². The first-order valence-corrected chi connectivity index (χ1v) is 10.1. The first kappa shape index (κ1) is 19.5. The molecule has 0 spiro atoms. The molecule has 142 valence electrons. The molecule has 2 aromatic carbocycles. The third-order valence-electron chi connectivity index (χ3n) is 5.77. The summed E-state index contributed by atoms with van der Waals surface area (Å²) < 4.78 is 28.2. The van der Waals surface area contributed by atoms with Crippen LogP contribution in [0, 0.1) is 28.9 Å². The molecule has 0 bridgehead atoms. The Labute approximate surface area is 161 Å². The lowest BCUT2D eigenvalue weighted by Crippen LogP contribution is -2.17. The lowest BCUT2D eigenvalue weighted by Gasteiger charge is -2.25. The van der Waals surface area contributed by atoms with Crippen LogP contribution in [0.15, 0.2) is 30.3 Å². The van der Waals surface area contributed by atoms with Crippen molar-refractivity contribution in [1.29, 1.82) is 5.26 Å². The maximum Gasteiger partial charge on any atom is 0.147 e. The number of benzene rings is 2. The second kappa shape index (κ2) is 9.13. The van der Waals surface area contributed by atoms with Crippen molar-refractivity contribution >= 4 is 0 Å². The van der Waals surface area contributed by atoms with E-state index < -0.39 is 17.2 Å². The highest BCUT2D eigenvalue weighted by molar-refractivity contribution is 5.42. The van der Waals surface area contributed by atoms with E-state index in [1.165, 1.54) is 36.5 Å². The number of halogens is 2. The van der Waals surface area contributed by atoms with Crippen LogP contribution in [-0.4, -0.2) is 0 Å². The molecule has 1 unspecified atom stereocenters. The van der Waals surface area contributed by atoms with Crippen molar-refractivity contribution in [2.75, 3.05) is 0 Å². The van der Waals surface area contributed by atoms with Crippen LogP contribution >= 0.6 is 0 Å². The van der Waals surface area contributed by atoms with Crippen LogP contribution in [-0.2, 0) is 25.7 Å². The highest BCUT2D eigenvalue weighted by Crippen LogP contribution is 2.32. The van der Waals surface area contributed by atoms with Crippen molar-refractivity contribution in [2.24, 2.45) is 5.92 Å². The van der Waals surface area contributed by atoms with E-state index >= 15 is 0 Å². The molecule has 0 saturated carbocycles. The molecule has 3 rings (SSSR count). The topological polar surface area (TPSA) is 23.8 Å². The molecule has 0 radical (unpaired) electrons. The summed E-state index contributed by atoms with van der Waals surface area (Å²) in [5, 5.41) is 8.91. The minimum Gasteiger partial charge on any atom is -0.205 e. The van der Waals surface area contributed by atoms with Gasteiger partial charge in [-0.25, -0.2) is 8.78 Å². The Morgan fingerprint density at radius 1 is 1.07 bits per heavy atom. The highest BCUT2D eigenvalue weighted by Gasteiger charge is 2.25. The minimum absolute atomic E-state index is 0.438. The van der Waals surface area contributed by atoms with Gasteiger partial charge in [-0.2, -0.15) is 5.26 Å². The summed E-state index contributed by atoms with van der Waals surface area (Å²) in [6, 6.07) is 11.9. The predicted octanol–water partition coefficient (Wildman–Crippen LogP) is 6.31. The van der Waals surface area contributed by atoms with Gasteiger partial charge in [0.2, 0.25) is 0 Å². The van der Waals surface area contributed by atoms with Gasteiger partial charge in [0.1, 0.15) is 23.3 Å². The SMILES string of the molecule is CCCCCc1ccc(CCC2CCc3c(cc(F)c(C#N)c3F)C2)cc1. The molecule has 0 aliphatic heterocycles. The first-order chi connectivity index (χ1) is 13.1. The molecule has 0 saturated heterocycles. The summed E-state index contributed by atoms with van der Waals surface area (Å²) in [6.07, 6.45) is 9.13. The molecule has 0 fully saturated rings. The fourth-order valence-corrected chi connectivity index (χ4v) is 4.09. The second-order valence-corrected chi connectivity index (χ2v) is 7.72. The molecule has 0 heterocycles. The fourth-order valence-electron chi connectivity index (χ4n) is 4.09. The number of aryl methyl sites for hydroxylation is 2. The molecule has 2 aromatic rings. The summed E-state index contributed by atoms with van der Waals surface area (Å²) in [5.74, 6) is -0.939. The molecular formula is C24H27F2N. The van der Waals surface area contributed by atoms with Crippen LogP contribution in [0.3, 0.4) is 0 Å². The van der Waals surface area contributed by atoms with Crippen LogP contribution < -0.4 is 0 Å². The third-order valence-corrected chi connectivity index (χ3v) is 5.77. The van der Waals surface area contributed by atoms with E-state index in [4.69, 9.17) is 5.26 Å². The van der Waals surface area contributed by atoms with Gasteiger partial charge in [0.05, 0.1) is 0 Å². The molecule has 1 atom stereocenters. The van der Waals surface area contributed by atoms with E-state index in [1.807, 2.05) is 0 Å². The van der Waals surface area contributed by atoms with Crippen molar-refractivity contribution in [3.05, 3.63) is 69.8 Å². The van der Waals surface area contributed by atoms with E-state index in [9.17, 15) is 8.78 Å². The molecule has 0 aromatic heterocycles. The molecule has 27 heavy (non-hydrogen) atoms. The summed E-state index contributed by atoms with van der Waals surface area (Å²) in [7, 11) is 0. The number of fused-ring (bicyclic) bond motifs is 1. The van der Waals surface area contributed by atoms with Gasteiger partial charge in [0.25, 0.3) is 0 Å². The zero-order valence-electron chi connectivity index (χ0n) is 16.0. The van der Waals surface area contributed by atoms with Crippen molar-refractivity contribution in [3.8, 4) is 6.07 Å². The zero-order valence-corrected chi connectivity index (χ0v) is 16.0. The van der Waals surface area contributed by atoms with E-state index in [1.54, 1.807) is 6.07 Å². The van der Waals surface area contributed by atoms with E-state index in [-0.39, 0.29) is 0 Å². The molecule has 3 heteroatoms.